The van der Waals surface area contributed by atoms with Crippen LogP contribution in [0.5, 0.6) is 0 Å². The van der Waals surface area contributed by atoms with E-state index in [-0.39, 0.29) is 17.1 Å². The molecule has 0 radical (unpaired) electrons. The number of carbonyl (C=O) groups is 1. The van der Waals surface area contributed by atoms with E-state index in [1.165, 1.54) is 17.0 Å². The topological polar surface area (TPSA) is 70.8 Å². The second-order valence-electron chi connectivity index (χ2n) is 7.86. The van der Waals surface area contributed by atoms with E-state index in [2.05, 4.69) is 9.88 Å². The Morgan fingerprint density at radius 2 is 1.97 bits per heavy atom. The first-order valence-corrected chi connectivity index (χ1v) is 10.1. The number of morpholine rings is 1. The van der Waals surface area contributed by atoms with Gasteiger partial charge in [-0.25, -0.2) is 4.98 Å². The molecular formula is C20H25F3N4O3. The molecule has 2 heterocycles. The number of rotatable bonds is 4. The summed E-state index contributed by atoms with van der Waals surface area (Å²) in [6, 6.07) is 5.72. The van der Waals surface area contributed by atoms with Crippen LogP contribution < -0.4 is 0 Å². The van der Waals surface area contributed by atoms with Crippen molar-refractivity contribution in [3.63, 3.8) is 0 Å². The molecule has 30 heavy (non-hydrogen) atoms. The van der Waals surface area contributed by atoms with Gasteiger partial charge in [-0.2, -0.15) is 13.2 Å². The number of benzene rings is 1. The number of nitrogens with zero attached hydrogens (tertiary/aromatic N) is 4. The molecular weight excluding hydrogens is 401 g/mol. The van der Waals surface area contributed by atoms with E-state index in [1.54, 1.807) is 19.2 Å². The minimum atomic E-state index is -4.67. The molecule has 4 rings (SSSR count). The molecule has 10 heteroatoms. The Kier molecular flexibility index (Phi) is 5.73. The number of alkyl halides is 3. The van der Waals surface area contributed by atoms with E-state index in [0.29, 0.717) is 19.6 Å². The molecule has 1 saturated heterocycles. The lowest BCUT2D eigenvalue weighted by Crippen LogP contribution is -2.52. The molecule has 1 aromatic carbocycles. The summed E-state index contributed by atoms with van der Waals surface area (Å²) in [5.41, 5.74) is 0.443. The second-order valence-corrected chi connectivity index (χ2v) is 7.86. The average Bonchev–Trinajstić information content (AvgIpc) is 3.29. The summed E-state index contributed by atoms with van der Waals surface area (Å²) in [6.45, 7) is 2.18. The number of carbonyl (C=O) groups excluding carboxylic acids is 1. The van der Waals surface area contributed by atoms with E-state index < -0.39 is 36.6 Å². The molecule has 0 unspecified atom stereocenters. The van der Waals surface area contributed by atoms with Gasteiger partial charge >= 0.3 is 6.18 Å². The number of para-hydroxylation sites is 2. The Hall–Kier alpha value is -2.17. The number of aliphatic hydroxyl groups is 1. The maximum Gasteiger partial charge on any atom is 0.449 e. The highest BCUT2D eigenvalue weighted by Gasteiger charge is 2.42. The molecule has 2 fully saturated rings. The van der Waals surface area contributed by atoms with Gasteiger partial charge < -0.3 is 19.3 Å². The van der Waals surface area contributed by atoms with Gasteiger partial charge in [-0.15, -0.1) is 0 Å². The first-order chi connectivity index (χ1) is 14.3. The van der Waals surface area contributed by atoms with Crippen LogP contribution >= 0.6 is 0 Å². The number of likely N-dealkylation sites (N-methyl/N-ethyl adjacent to an activating group) is 1. The molecule has 0 bridgehead atoms. The quantitative estimate of drug-likeness (QED) is 0.807. The lowest BCUT2D eigenvalue weighted by molar-refractivity contribution is -0.148. The number of hydrogen-bond acceptors (Lipinski definition) is 5. The van der Waals surface area contributed by atoms with Crippen molar-refractivity contribution in [2.75, 3.05) is 33.4 Å². The van der Waals surface area contributed by atoms with Crippen LogP contribution in [-0.4, -0.2) is 81.9 Å². The van der Waals surface area contributed by atoms with Gasteiger partial charge in [-0.05, 0) is 25.0 Å². The molecule has 1 saturated carbocycles. The Morgan fingerprint density at radius 3 is 2.67 bits per heavy atom. The molecule has 1 aromatic heterocycles. The van der Waals surface area contributed by atoms with E-state index in [4.69, 9.17) is 4.74 Å². The molecule has 0 spiro atoms. The molecule has 3 atom stereocenters. The third-order valence-electron chi connectivity index (χ3n) is 6.15. The highest BCUT2D eigenvalue weighted by molar-refractivity contribution is 5.81. The van der Waals surface area contributed by atoms with Crippen molar-refractivity contribution in [1.82, 2.24) is 19.4 Å². The van der Waals surface area contributed by atoms with Crippen LogP contribution in [0.15, 0.2) is 24.3 Å². The predicted octanol–water partition coefficient (Wildman–Crippen LogP) is 1.74. The number of amides is 1. The lowest BCUT2D eigenvalue weighted by Gasteiger charge is -2.36. The van der Waals surface area contributed by atoms with Crippen molar-refractivity contribution in [2.45, 2.75) is 43.8 Å². The van der Waals surface area contributed by atoms with Gasteiger partial charge in [0, 0.05) is 26.2 Å². The standard InChI is InChI=1S/C20H25F3N4O3/c1-25(15-6-7-16(18(15)29)26-8-10-30-11-9-26)17(28)12-27-14-5-3-2-4-13(14)24-19(27)20(21,22)23/h2-5,15-16,18,29H,6-12H2,1H3/t15-,16-,18-/m1/s1. The first-order valence-electron chi connectivity index (χ1n) is 10.1. The lowest BCUT2D eigenvalue weighted by atomic mass is 10.1. The van der Waals surface area contributed by atoms with E-state index >= 15 is 0 Å². The zero-order valence-electron chi connectivity index (χ0n) is 16.7. The average molecular weight is 426 g/mol. The minimum absolute atomic E-state index is 0.0750. The van der Waals surface area contributed by atoms with Crippen molar-refractivity contribution in [1.29, 1.82) is 0 Å². The van der Waals surface area contributed by atoms with Crippen molar-refractivity contribution < 1.29 is 27.8 Å². The first kappa shape index (κ1) is 21.1. The minimum Gasteiger partial charge on any atom is -0.389 e. The summed E-state index contributed by atoms with van der Waals surface area (Å²) in [6.07, 6.45) is -4.10. The van der Waals surface area contributed by atoms with Crippen LogP contribution in [0.2, 0.25) is 0 Å². The smallest absolute Gasteiger partial charge is 0.389 e. The van der Waals surface area contributed by atoms with Crippen LogP contribution in [0.4, 0.5) is 13.2 Å². The molecule has 1 N–H and O–H groups in total. The summed E-state index contributed by atoms with van der Waals surface area (Å²) in [5, 5.41) is 10.8. The SMILES string of the molecule is CN(C(=O)Cn1c(C(F)(F)F)nc2ccccc21)[C@@H]1CC[C@@H](N2CCOCC2)[C@@H]1O. The van der Waals surface area contributed by atoms with Crippen LogP contribution in [0.25, 0.3) is 11.0 Å². The third-order valence-corrected chi connectivity index (χ3v) is 6.15. The van der Waals surface area contributed by atoms with Gasteiger partial charge in [-0.1, -0.05) is 12.1 Å². The Bertz CT molecular complexity index is 910. The van der Waals surface area contributed by atoms with Crippen LogP contribution in [0.3, 0.4) is 0 Å². The number of aromatic nitrogens is 2. The molecule has 164 valence electrons. The largest absolute Gasteiger partial charge is 0.449 e. The van der Waals surface area contributed by atoms with Gasteiger partial charge in [0.2, 0.25) is 11.7 Å². The van der Waals surface area contributed by atoms with E-state index in [1.807, 2.05) is 0 Å². The van der Waals surface area contributed by atoms with Gasteiger partial charge in [0.25, 0.3) is 0 Å². The fourth-order valence-electron chi connectivity index (χ4n) is 4.55. The van der Waals surface area contributed by atoms with Crippen molar-refractivity contribution in [2.24, 2.45) is 0 Å². The van der Waals surface area contributed by atoms with Gasteiger partial charge in [0.1, 0.15) is 6.54 Å². The fraction of sp³-hybridized carbons (Fsp3) is 0.600. The second kappa shape index (κ2) is 8.16. The Labute approximate surface area is 172 Å². The monoisotopic (exact) mass is 426 g/mol. The zero-order valence-corrected chi connectivity index (χ0v) is 16.7. The number of imidazole rings is 1. The van der Waals surface area contributed by atoms with Gasteiger partial charge in [0.05, 0.1) is 36.4 Å². The molecule has 7 nitrogen and oxygen atoms in total. The molecule has 1 aliphatic heterocycles. The number of fused-ring (bicyclic) bond motifs is 1. The molecule has 1 amide bonds. The number of halogens is 3. The Morgan fingerprint density at radius 1 is 1.27 bits per heavy atom. The van der Waals surface area contributed by atoms with E-state index in [9.17, 15) is 23.1 Å². The third kappa shape index (κ3) is 3.91. The van der Waals surface area contributed by atoms with Crippen molar-refractivity contribution in [3.05, 3.63) is 30.1 Å². The summed E-state index contributed by atoms with van der Waals surface area (Å²) in [7, 11) is 1.55. The summed E-state index contributed by atoms with van der Waals surface area (Å²) >= 11 is 0. The van der Waals surface area contributed by atoms with Gasteiger partial charge in [-0.3, -0.25) is 9.69 Å². The predicted molar refractivity (Wildman–Crippen MR) is 103 cm³/mol. The fourth-order valence-corrected chi connectivity index (χ4v) is 4.55. The number of hydrogen-bond donors (Lipinski definition) is 1. The summed E-state index contributed by atoms with van der Waals surface area (Å²) in [5.74, 6) is -1.58. The highest BCUT2D eigenvalue weighted by atomic mass is 19.4. The van der Waals surface area contributed by atoms with Crippen molar-refractivity contribution >= 4 is 16.9 Å². The maximum atomic E-state index is 13.5. The highest BCUT2D eigenvalue weighted by Crippen LogP contribution is 2.32. The summed E-state index contributed by atoms with van der Waals surface area (Å²) in [4.78, 5) is 20.1. The molecule has 2 aromatic rings. The number of ether oxygens (including phenoxy) is 1. The zero-order chi connectivity index (χ0) is 21.5. The molecule has 2 aliphatic rings. The van der Waals surface area contributed by atoms with Gasteiger partial charge in [0.15, 0.2) is 0 Å². The molecule has 1 aliphatic carbocycles. The maximum absolute atomic E-state index is 13.5. The van der Waals surface area contributed by atoms with Crippen LogP contribution in [-0.2, 0) is 22.3 Å². The van der Waals surface area contributed by atoms with Crippen LogP contribution in [0.1, 0.15) is 18.7 Å². The van der Waals surface area contributed by atoms with E-state index in [0.717, 1.165) is 24.1 Å². The number of aliphatic hydroxyl groups excluding tert-OH is 1. The van der Waals surface area contributed by atoms with Crippen molar-refractivity contribution in [3.8, 4) is 0 Å². The van der Waals surface area contributed by atoms with Crippen LogP contribution in [0, 0.1) is 0 Å². The normalized spacial score (nSPS) is 25.7. The Balaban J connectivity index is 1.52. The summed E-state index contributed by atoms with van der Waals surface area (Å²) < 4.78 is 46.7.